The monoisotopic (exact) mass is 422 g/mol. The Morgan fingerprint density at radius 2 is 1.55 bits per heavy atom. The van der Waals surface area contributed by atoms with Crippen LogP contribution >= 0.6 is 0 Å². The van der Waals surface area contributed by atoms with Crippen LogP contribution in [0.15, 0.2) is 30.3 Å². The smallest absolute Gasteiger partial charge is 0.429 e. The Hall–Kier alpha value is -2.30. The fraction of sp³-hybridized carbons (Fsp3) is 0.368. The van der Waals surface area contributed by atoms with E-state index in [0.29, 0.717) is 36.9 Å². The Bertz CT molecular complexity index is 845. The van der Waals surface area contributed by atoms with E-state index in [2.05, 4.69) is 4.74 Å². The minimum atomic E-state index is -4.49. The Labute approximate surface area is 161 Å². The molecule has 0 radical (unpaired) electrons. The molecule has 0 aromatic heterocycles. The summed E-state index contributed by atoms with van der Waals surface area (Å²) in [6.07, 6.45) is -5.63. The first kappa shape index (κ1) is 21.4. The van der Waals surface area contributed by atoms with Crippen LogP contribution in [0, 0.1) is 29.2 Å². The molecule has 0 N–H and O–H groups in total. The summed E-state index contributed by atoms with van der Waals surface area (Å²) in [5, 5.41) is 0. The van der Waals surface area contributed by atoms with Crippen LogP contribution < -0.4 is 4.74 Å². The summed E-state index contributed by atoms with van der Waals surface area (Å²) in [6, 6.07) is 2.87. The number of alkyl halides is 2. The molecular formula is C19H16F6O4. The number of hydrogen-bond donors (Lipinski definition) is 0. The molecule has 0 unspecified atom stereocenters. The molecule has 3 rings (SSSR count). The van der Waals surface area contributed by atoms with Crippen molar-refractivity contribution in [1.82, 2.24) is 0 Å². The van der Waals surface area contributed by atoms with Crippen LogP contribution in [-0.4, -0.2) is 26.9 Å². The van der Waals surface area contributed by atoms with Gasteiger partial charge in [0.1, 0.15) is 22.9 Å². The van der Waals surface area contributed by atoms with Crippen LogP contribution in [0.2, 0.25) is 0 Å². The first-order valence-corrected chi connectivity index (χ1v) is 8.44. The molecule has 1 fully saturated rings. The topological polar surface area (TPSA) is 36.9 Å². The fourth-order valence-corrected chi connectivity index (χ4v) is 2.81. The first-order valence-electron chi connectivity index (χ1n) is 8.44. The molecule has 0 amide bonds. The van der Waals surface area contributed by atoms with E-state index in [9.17, 15) is 26.3 Å². The molecule has 1 aliphatic rings. The summed E-state index contributed by atoms with van der Waals surface area (Å²) in [5.74, 6) is -6.84. The summed E-state index contributed by atoms with van der Waals surface area (Å²) >= 11 is 0. The Balaban J connectivity index is 1.80. The fourth-order valence-electron chi connectivity index (χ4n) is 2.81. The first-order chi connectivity index (χ1) is 13.7. The Kier molecular flexibility index (Phi) is 6.35. The van der Waals surface area contributed by atoms with Crippen molar-refractivity contribution >= 4 is 0 Å². The van der Waals surface area contributed by atoms with Crippen LogP contribution in [0.25, 0.3) is 0 Å². The maximum Gasteiger partial charge on any atom is 0.432 e. The molecule has 1 heterocycles. The van der Waals surface area contributed by atoms with Crippen molar-refractivity contribution in [1.29, 1.82) is 0 Å². The molecule has 0 atom stereocenters. The predicted octanol–water partition coefficient (Wildman–Crippen LogP) is 4.68. The molecule has 29 heavy (non-hydrogen) atoms. The van der Waals surface area contributed by atoms with Gasteiger partial charge in [0, 0.05) is 24.7 Å². The van der Waals surface area contributed by atoms with E-state index in [1.165, 1.54) is 7.11 Å². The lowest BCUT2D eigenvalue weighted by molar-refractivity contribution is -0.211. The number of rotatable bonds is 6. The lowest BCUT2D eigenvalue weighted by atomic mass is 10.1. The third-order valence-corrected chi connectivity index (χ3v) is 4.13. The summed E-state index contributed by atoms with van der Waals surface area (Å²) in [5.41, 5.74) is -1.82. The third kappa shape index (κ3) is 4.82. The van der Waals surface area contributed by atoms with E-state index in [4.69, 9.17) is 14.2 Å². The highest BCUT2D eigenvalue weighted by molar-refractivity contribution is 5.31. The van der Waals surface area contributed by atoms with Gasteiger partial charge < -0.3 is 18.9 Å². The molecule has 0 saturated carbocycles. The molecular weight excluding hydrogens is 406 g/mol. The van der Waals surface area contributed by atoms with E-state index in [1.54, 1.807) is 0 Å². The van der Waals surface area contributed by atoms with Crippen LogP contribution in [0.1, 0.15) is 17.4 Å². The molecule has 4 nitrogen and oxygen atoms in total. The van der Waals surface area contributed by atoms with Crippen molar-refractivity contribution in [3.63, 3.8) is 0 Å². The standard InChI is InChI=1S/C19H16F6O4/c1-26-7-10-8-27-18(28-9-10)11-4-15(22)17(16(23)5-11)19(24,25)29-12-2-3-13(20)14(21)6-12/h2-6,10,18H,7-9H2,1H3. The number of methoxy groups -OCH3 is 1. The summed E-state index contributed by atoms with van der Waals surface area (Å²) in [4.78, 5) is 0. The zero-order chi connectivity index (χ0) is 21.2. The lowest BCUT2D eigenvalue weighted by Gasteiger charge is -2.29. The van der Waals surface area contributed by atoms with Crippen LogP contribution in [0.4, 0.5) is 26.3 Å². The van der Waals surface area contributed by atoms with Gasteiger partial charge in [0.15, 0.2) is 17.9 Å². The third-order valence-electron chi connectivity index (χ3n) is 4.13. The van der Waals surface area contributed by atoms with Gasteiger partial charge in [-0.1, -0.05) is 0 Å². The normalized spacial score (nSPS) is 20.0. The molecule has 0 spiro atoms. The number of hydrogen-bond acceptors (Lipinski definition) is 4. The highest BCUT2D eigenvalue weighted by Crippen LogP contribution is 2.37. The summed E-state index contributed by atoms with van der Waals surface area (Å²) in [7, 11) is 1.50. The largest absolute Gasteiger partial charge is 0.432 e. The molecule has 10 heteroatoms. The summed E-state index contributed by atoms with van der Waals surface area (Å²) < 4.78 is 103. The summed E-state index contributed by atoms with van der Waals surface area (Å²) in [6.45, 7) is 0.750. The second-order valence-electron chi connectivity index (χ2n) is 6.37. The van der Waals surface area contributed by atoms with E-state index < -0.39 is 47.0 Å². The van der Waals surface area contributed by atoms with E-state index in [0.717, 1.165) is 0 Å². The quantitative estimate of drug-likeness (QED) is 0.634. The van der Waals surface area contributed by atoms with Crippen LogP contribution in [-0.2, 0) is 20.3 Å². The highest BCUT2D eigenvalue weighted by Gasteiger charge is 2.42. The minimum Gasteiger partial charge on any atom is -0.429 e. The van der Waals surface area contributed by atoms with Crippen molar-refractivity contribution in [2.45, 2.75) is 12.4 Å². The van der Waals surface area contributed by atoms with Gasteiger partial charge in [-0.15, -0.1) is 0 Å². The lowest BCUT2D eigenvalue weighted by Crippen LogP contribution is -2.30. The van der Waals surface area contributed by atoms with Crippen molar-refractivity contribution in [3.8, 4) is 5.75 Å². The van der Waals surface area contributed by atoms with E-state index in [1.807, 2.05) is 0 Å². The zero-order valence-corrected chi connectivity index (χ0v) is 15.1. The molecule has 0 aliphatic carbocycles. The van der Waals surface area contributed by atoms with Gasteiger partial charge in [-0.05, 0) is 24.3 Å². The van der Waals surface area contributed by atoms with E-state index >= 15 is 0 Å². The van der Waals surface area contributed by atoms with Crippen molar-refractivity contribution in [2.24, 2.45) is 5.92 Å². The highest BCUT2D eigenvalue weighted by atomic mass is 19.3. The Morgan fingerprint density at radius 1 is 0.931 bits per heavy atom. The molecule has 1 aliphatic heterocycles. The second kappa shape index (κ2) is 8.60. The van der Waals surface area contributed by atoms with E-state index in [-0.39, 0.29) is 24.7 Å². The number of halogens is 6. The number of benzene rings is 2. The van der Waals surface area contributed by atoms with Crippen LogP contribution in [0.3, 0.4) is 0 Å². The molecule has 2 aromatic rings. The van der Waals surface area contributed by atoms with Gasteiger partial charge in [0.2, 0.25) is 0 Å². The van der Waals surface area contributed by atoms with Crippen LogP contribution in [0.5, 0.6) is 5.75 Å². The van der Waals surface area contributed by atoms with Crippen molar-refractivity contribution in [3.05, 3.63) is 64.7 Å². The van der Waals surface area contributed by atoms with Gasteiger partial charge in [0.05, 0.1) is 19.8 Å². The molecule has 1 saturated heterocycles. The molecule has 158 valence electrons. The maximum absolute atomic E-state index is 14.3. The van der Waals surface area contributed by atoms with Crippen molar-refractivity contribution < 1.29 is 45.3 Å². The van der Waals surface area contributed by atoms with Gasteiger partial charge >= 0.3 is 6.11 Å². The maximum atomic E-state index is 14.3. The van der Waals surface area contributed by atoms with Gasteiger partial charge in [0.25, 0.3) is 0 Å². The second-order valence-corrected chi connectivity index (χ2v) is 6.37. The molecule has 0 bridgehead atoms. The Morgan fingerprint density at radius 3 is 2.10 bits per heavy atom. The SMILES string of the molecule is COCC1COC(c2cc(F)c(C(F)(F)Oc3ccc(F)c(F)c3)c(F)c2)OC1. The minimum absolute atomic E-state index is 0.0703. The van der Waals surface area contributed by atoms with Gasteiger partial charge in [-0.2, -0.15) is 8.78 Å². The molecule has 2 aromatic carbocycles. The zero-order valence-electron chi connectivity index (χ0n) is 15.1. The predicted molar refractivity (Wildman–Crippen MR) is 87.2 cm³/mol. The van der Waals surface area contributed by atoms with Crippen molar-refractivity contribution in [2.75, 3.05) is 26.9 Å². The number of ether oxygens (including phenoxy) is 4. The average molecular weight is 422 g/mol. The average Bonchev–Trinajstić information content (AvgIpc) is 2.64. The van der Waals surface area contributed by atoms with Gasteiger partial charge in [-0.3, -0.25) is 0 Å². The van der Waals surface area contributed by atoms with Gasteiger partial charge in [-0.25, -0.2) is 17.6 Å².